The molecule has 1 N–H and O–H groups in total. The Labute approximate surface area is 124 Å². The van der Waals surface area contributed by atoms with Gasteiger partial charge < -0.3 is 5.32 Å². The highest BCUT2D eigenvalue weighted by atomic mass is 19.1. The van der Waals surface area contributed by atoms with Gasteiger partial charge in [-0.05, 0) is 49.1 Å². The van der Waals surface area contributed by atoms with Crippen LogP contribution >= 0.6 is 0 Å². The molecule has 4 heteroatoms. The van der Waals surface area contributed by atoms with Gasteiger partial charge in [-0.3, -0.25) is 9.88 Å². The van der Waals surface area contributed by atoms with Crippen LogP contribution in [0.25, 0.3) is 10.9 Å². The predicted octanol–water partition coefficient (Wildman–Crippen LogP) is 2.56. The van der Waals surface area contributed by atoms with Gasteiger partial charge in [-0.1, -0.05) is 6.07 Å². The second kappa shape index (κ2) is 5.35. The smallest absolute Gasteiger partial charge is 0.124 e. The number of rotatable bonds is 2. The van der Waals surface area contributed by atoms with Crippen LogP contribution in [0.5, 0.6) is 0 Å². The Hall–Kier alpha value is -1.52. The van der Waals surface area contributed by atoms with Crippen molar-refractivity contribution in [1.82, 2.24) is 15.2 Å². The number of pyridine rings is 1. The molecule has 0 radical (unpaired) electrons. The van der Waals surface area contributed by atoms with Crippen LogP contribution in [0.1, 0.15) is 18.4 Å². The number of halogens is 1. The molecule has 2 fully saturated rings. The lowest BCUT2D eigenvalue weighted by atomic mass is 9.94. The number of likely N-dealkylation sites (tertiary alicyclic amines) is 1. The molecule has 4 rings (SSSR count). The van der Waals surface area contributed by atoms with E-state index in [1.165, 1.54) is 12.8 Å². The standard InChI is InChI=1S/C17H20FN3/c18-15-7-12-3-1-6-20-17(12)14(8-15)10-21-9-13-4-2-5-19-16(13)11-21/h1,3,6-8,13,16,19H,2,4-5,9-11H2/t13-,16+/m0/s1. The van der Waals surface area contributed by atoms with Crippen molar-refractivity contribution < 1.29 is 4.39 Å². The molecule has 1 aromatic carbocycles. The van der Waals surface area contributed by atoms with Crippen molar-refractivity contribution in [3.63, 3.8) is 0 Å². The van der Waals surface area contributed by atoms with Crippen molar-refractivity contribution >= 4 is 10.9 Å². The maximum absolute atomic E-state index is 13.8. The lowest BCUT2D eigenvalue weighted by Crippen LogP contribution is -2.40. The molecule has 0 spiro atoms. The zero-order valence-corrected chi connectivity index (χ0v) is 12.1. The summed E-state index contributed by atoms with van der Waals surface area (Å²) < 4.78 is 13.8. The molecule has 2 aliphatic rings. The highest BCUT2D eigenvalue weighted by molar-refractivity contribution is 5.81. The summed E-state index contributed by atoms with van der Waals surface area (Å²) in [6, 6.07) is 7.62. The summed E-state index contributed by atoms with van der Waals surface area (Å²) in [5, 5.41) is 4.50. The summed E-state index contributed by atoms with van der Waals surface area (Å²) in [7, 11) is 0. The molecule has 2 saturated heterocycles. The van der Waals surface area contributed by atoms with E-state index in [0.717, 1.165) is 48.6 Å². The average molecular weight is 285 g/mol. The molecule has 3 heterocycles. The number of benzene rings is 1. The number of nitrogens with zero attached hydrogens (tertiary/aromatic N) is 2. The molecule has 0 aliphatic carbocycles. The largest absolute Gasteiger partial charge is 0.312 e. The molecule has 0 amide bonds. The van der Waals surface area contributed by atoms with Crippen LogP contribution < -0.4 is 5.32 Å². The van der Waals surface area contributed by atoms with Gasteiger partial charge in [-0.2, -0.15) is 0 Å². The lowest BCUT2D eigenvalue weighted by Gasteiger charge is -2.24. The van der Waals surface area contributed by atoms with E-state index in [0.29, 0.717) is 6.04 Å². The van der Waals surface area contributed by atoms with Gasteiger partial charge in [0, 0.05) is 37.3 Å². The van der Waals surface area contributed by atoms with Gasteiger partial charge in [0.25, 0.3) is 0 Å². The summed E-state index contributed by atoms with van der Waals surface area (Å²) >= 11 is 0. The molecule has 2 aliphatic heterocycles. The Balaban J connectivity index is 1.60. The second-order valence-electron chi connectivity index (χ2n) is 6.30. The van der Waals surface area contributed by atoms with Crippen LogP contribution in [0.4, 0.5) is 4.39 Å². The first-order chi connectivity index (χ1) is 10.3. The van der Waals surface area contributed by atoms with Gasteiger partial charge in [0.2, 0.25) is 0 Å². The zero-order valence-electron chi connectivity index (χ0n) is 12.1. The minimum atomic E-state index is -0.166. The fourth-order valence-electron chi connectivity index (χ4n) is 3.85. The van der Waals surface area contributed by atoms with Crippen molar-refractivity contribution in [2.24, 2.45) is 5.92 Å². The summed E-state index contributed by atoms with van der Waals surface area (Å²) in [5.41, 5.74) is 1.94. The molecule has 3 nitrogen and oxygen atoms in total. The van der Waals surface area contributed by atoms with E-state index in [-0.39, 0.29) is 5.82 Å². The van der Waals surface area contributed by atoms with Crippen LogP contribution in [0.3, 0.4) is 0 Å². The highest BCUT2D eigenvalue weighted by Crippen LogP contribution is 2.27. The lowest BCUT2D eigenvalue weighted by molar-refractivity contribution is 0.313. The normalized spacial score (nSPS) is 26.1. The molecule has 2 atom stereocenters. The monoisotopic (exact) mass is 285 g/mol. The Morgan fingerprint density at radius 2 is 2.29 bits per heavy atom. The summed E-state index contributed by atoms with van der Waals surface area (Å²) in [6.45, 7) is 4.11. The molecule has 2 aromatic rings. The van der Waals surface area contributed by atoms with Crippen molar-refractivity contribution in [3.05, 3.63) is 41.8 Å². The summed E-state index contributed by atoms with van der Waals surface area (Å²) in [6.07, 6.45) is 4.38. The van der Waals surface area contributed by atoms with Crippen molar-refractivity contribution in [1.29, 1.82) is 0 Å². The van der Waals surface area contributed by atoms with Crippen molar-refractivity contribution in [2.45, 2.75) is 25.4 Å². The average Bonchev–Trinajstić information content (AvgIpc) is 2.89. The Bertz CT molecular complexity index is 644. The number of nitrogens with one attached hydrogen (secondary N) is 1. The minimum Gasteiger partial charge on any atom is -0.312 e. The minimum absolute atomic E-state index is 0.166. The summed E-state index contributed by atoms with van der Waals surface area (Å²) in [4.78, 5) is 6.89. The predicted molar refractivity (Wildman–Crippen MR) is 81.5 cm³/mol. The van der Waals surface area contributed by atoms with Crippen LogP contribution in [-0.4, -0.2) is 35.6 Å². The number of fused-ring (bicyclic) bond motifs is 2. The number of piperidine rings is 1. The summed E-state index contributed by atoms with van der Waals surface area (Å²) in [5.74, 6) is 0.590. The first-order valence-electron chi connectivity index (χ1n) is 7.78. The second-order valence-corrected chi connectivity index (χ2v) is 6.30. The third-order valence-electron chi connectivity index (χ3n) is 4.82. The van der Waals surface area contributed by atoms with Crippen molar-refractivity contribution in [2.75, 3.05) is 19.6 Å². The van der Waals surface area contributed by atoms with E-state index in [1.807, 2.05) is 12.1 Å². The quantitative estimate of drug-likeness (QED) is 0.919. The Morgan fingerprint density at radius 1 is 1.33 bits per heavy atom. The van der Waals surface area contributed by atoms with Gasteiger partial charge in [0.05, 0.1) is 5.52 Å². The van der Waals surface area contributed by atoms with Gasteiger partial charge >= 0.3 is 0 Å². The van der Waals surface area contributed by atoms with Gasteiger partial charge in [0.15, 0.2) is 0 Å². The van der Waals surface area contributed by atoms with Crippen molar-refractivity contribution in [3.8, 4) is 0 Å². The van der Waals surface area contributed by atoms with Gasteiger partial charge in [-0.15, -0.1) is 0 Å². The van der Waals surface area contributed by atoms with Gasteiger partial charge in [-0.25, -0.2) is 4.39 Å². The fraction of sp³-hybridized carbons (Fsp3) is 0.471. The molecule has 0 saturated carbocycles. The van der Waals surface area contributed by atoms with E-state index in [1.54, 1.807) is 18.3 Å². The Kier molecular flexibility index (Phi) is 3.36. The maximum Gasteiger partial charge on any atom is 0.124 e. The first kappa shape index (κ1) is 13.2. The van der Waals surface area contributed by atoms with Crippen LogP contribution in [0.15, 0.2) is 30.5 Å². The van der Waals surface area contributed by atoms with E-state index in [9.17, 15) is 4.39 Å². The third kappa shape index (κ3) is 2.54. The SMILES string of the molecule is Fc1cc(CN2C[C@@H]3CCCN[C@@H]3C2)c2ncccc2c1. The van der Waals surface area contributed by atoms with Crippen LogP contribution in [0, 0.1) is 11.7 Å². The highest BCUT2D eigenvalue weighted by Gasteiger charge is 2.34. The van der Waals surface area contributed by atoms with E-state index in [4.69, 9.17) is 0 Å². The number of aromatic nitrogens is 1. The van der Waals surface area contributed by atoms with Crippen LogP contribution in [0.2, 0.25) is 0 Å². The molecule has 0 bridgehead atoms. The van der Waals surface area contributed by atoms with Gasteiger partial charge in [0.1, 0.15) is 5.82 Å². The van der Waals surface area contributed by atoms with Crippen LogP contribution in [-0.2, 0) is 6.54 Å². The third-order valence-corrected chi connectivity index (χ3v) is 4.82. The molecule has 110 valence electrons. The number of hydrogen-bond acceptors (Lipinski definition) is 3. The molecular formula is C17H20FN3. The maximum atomic E-state index is 13.8. The number of hydrogen-bond donors (Lipinski definition) is 1. The fourth-order valence-corrected chi connectivity index (χ4v) is 3.85. The van der Waals surface area contributed by atoms with E-state index < -0.39 is 0 Å². The topological polar surface area (TPSA) is 28.2 Å². The molecule has 0 unspecified atom stereocenters. The van der Waals surface area contributed by atoms with E-state index >= 15 is 0 Å². The molecular weight excluding hydrogens is 265 g/mol. The first-order valence-corrected chi connectivity index (χ1v) is 7.78. The zero-order chi connectivity index (χ0) is 14.2. The molecule has 21 heavy (non-hydrogen) atoms. The Morgan fingerprint density at radius 3 is 3.19 bits per heavy atom. The van der Waals surface area contributed by atoms with E-state index in [2.05, 4.69) is 15.2 Å². The molecule has 1 aromatic heterocycles.